The average molecular weight is 519 g/mol. The van der Waals surface area contributed by atoms with Crippen LogP contribution in [0.2, 0.25) is 0 Å². The van der Waals surface area contributed by atoms with E-state index in [9.17, 15) is 13.2 Å². The van der Waals surface area contributed by atoms with Crippen LogP contribution >= 0.6 is 0 Å². The highest BCUT2D eigenvalue weighted by Gasteiger charge is 2.19. The van der Waals surface area contributed by atoms with Crippen LogP contribution in [-0.2, 0) is 21.1 Å². The van der Waals surface area contributed by atoms with Crippen molar-refractivity contribution in [1.82, 2.24) is 20.0 Å². The molecule has 0 saturated heterocycles. The fourth-order valence-corrected chi connectivity index (χ4v) is 4.75. The molecule has 0 saturated carbocycles. The largest absolute Gasteiger partial charge is 0.339 e. The van der Waals surface area contributed by atoms with E-state index in [1.54, 1.807) is 54.9 Å². The maximum absolute atomic E-state index is 12.5. The molecule has 1 amide bonds. The van der Waals surface area contributed by atoms with E-state index in [1.165, 1.54) is 0 Å². The lowest BCUT2D eigenvalue weighted by Gasteiger charge is -2.10. The minimum atomic E-state index is -3.33. The van der Waals surface area contributed by atoms with E-state index in [0.717, 1.165) is 28.2 Å². The van der Waals surface area contributed by atoms with Gasteiger partial charge in [0.2, 0.25) is 5.91 Å². The molecular formula is C27H30N6O3S. The number of nitrogens with zero attached hydrogens (tertiary/aromatic N) is 4. The van der Waals surface area contributed by atoms with Gasteiger partial charge in [0.15, 0.2) is 21.5 Å². The van der Waals surface area contributed by atoms with E-state index in [4.69, 9.17) is 0 Å². The average Bonchev–Trinajstić information content (AvgIpc) is 3.13. The summed E-state index contributed by atoms with van der Waals surface area (Å²) in [4.78, 5) is 12.7. The van der Waals surface area contributed by atoms with E-state index >= 15 is 0 Å². The molecule has 2 aromatic carbocycles. The fraction of sp³-hybridized carbons (Fsp3) is 0.259. The number of sulfone groups is 1. The number of benzene rings is 2. The Morgan fingerprint density at radius 2 is 1.54 bits per heavy atom. The third-order valence-electron chi connectivity index (χ3n) is 6.20. The van der Waals surface area contributed by atoms with Crippen molar-refractivity contribution >= 4 is 32.9 Å². The number of carbonyl (C=O) groups excluding carboxylic acids is 1. The lowest BCUT2D eigenvalue weighted by molar-refractivity contribution is -0.115. The Kier molecular flexibility index (Phi) is 7.40. The molecule has 0 unspecified atom stereocenters. The number of carbonyl (C=O) groups is 1. The Balaban J connectivity index is 1.34. The third kappa shape index (κ3) is 5.86. The first kappa shape index (κ1) is 26.0. The lowest BCUT2D eigenvalue weighted by Crippen LogP contribution is -2.15. The van der Waals surface area contributed by atoms with Crippen LogP contribution in [-0.4, -0.2) is 39.6 Å². The first-order valence-corrected chi connectivity index (χ1v) is 13.5. The molecular weight excluding hydrogens is 488 g/mol. The highest BCUT2D eigenvalue weighted by molar-refractivity contribution is 7.92. The number of amides is 1. The lowest BCUT2D eigenvalue weighted by atomic mass is 10.1. The van der Waals surface area contributed by atoms with Crippen molar-refractivity contribution in [3.8, 4) is 5.82 Å². The van der Waals surface area contributed by atoms with Crippen LogP contribution in [0.4, 0.5) is 17.2 Å². The van der Waals surface area contributed by atoms with Gasteiger partial charge in [-0.25, -0.2) is 13.1 Å². The van der Waals surface area contributed by atoms with E-state index in [2.05, 4.69) is 25.9 Å². The number of nitrogens with one attached hydrogen (secondary N) is 2. The Morgan fingerprint density at radius 1 is 0.892 bits per heavy atom. The van der Waals surface area contributed by atoms with Gasteiger partial charge in [0.05, 0.1) is 22.3 Å². The minimum absolute atomic E-state index is 0.138. The number of aryl methyl sites for hydroxylation is 1. The van der Waals surface area contributed by atoms with E-state index in [1.807, 2.05) is 45.0 Å². The second kappa shape index (κ2) is 10.5. The predicted molar refractivity (Wildman–Crippen MR) is 144 cm³/mol. The topological polar surface area (TPSA) is 119 Å². The quantitative estimate of drug-likeness (QED) is 0.347. The molecule has 10 heteroatoms. The number of rotatable bonds is 8. The maximum Gasteiger partial charge on any atom is 0.228 e. The highest BCUT2D eigenvalue weighted by Crippen LogP contribution is 2.20. The molecule has 4 aromatic rings. The zero-order valence-electron chi connectivity index (χ0n) is 21.5. The molecule has 0 fully saturated rings. The van der Waals surface area contributed by atoms with Gasteiger partial charge in [0.1, 0.15) is 0 Å². The summed E-state index contributed by atoms with van der Waals surface area (Å²) in [7, 11) is -3.33. The molecule has 37 heavy (non-hydrogen) atoms. The molecule has 2 aromatic heterocycles. The van der Waals surface area contributed by atoms with Crippen molar-refractivity contribution in [2.24, 2.45) is 0 Å². The molecule has 0 aliphatic heterocycles. The maximum atomic E-state index is 12.5. The van der Waals surface area contributed by atoms with Crippen molar-refractivity contribution in [3.63, 3.8) is 0 Å². The van der Waals surface area contributed by atoms with E-state index in [0.29, 0.717) is 17.3 Å². The summed E-state index contributed by atoms with van der Waals surface area (Å²) in [5, 5.41) is 18.6. The van der Waals surface area contributed by atoms with Crippen LogP contribution < -0.4 is 10.6 Å². The van der Waals surface area contributed by atoms with E-state index in [-0.39, 0.29) is 17.2 Å². The van der Waals surface area contributed by atoms with Gasteiger partial charge in [-0.2, -0.15) is 5.10 Å². The normalized spacial score (nSPS) is 11.5. The smallest absolute Gasteiger partial charge is 0.228 e. The van der Waals surface area contributed by atoms with Gasteiger partial charge in [-0.15, -0.1) is 10.2 Å². The number of hydrogen-bond acceptors (Lipinski definition) is 7. The molecule has 4 rings (SSSR count). The van der Waals surface area contributed by atoms with E-state index < -0.39 is 15.1 Å². The summed E-state index contributed by atoms with van der Waals surface area (Å²) in [5.41, 5.74) is 5.30. The third-order valence-corrected chi connectivity index (χ3v) is 8.37. The van der Waals surface area contributed by atoms with Crippen molar-refractivity contribution < 1.29 is 13.2 Å². The summed E-state index contributed by atoms with van der Waals surface area (Å²) in [6, 6.07) is 17.4. The Bertz CT molecular complexity index is 1510. The summed E-state index contributed by atoms with van der Waals surface area (Å²) >= 11 is 0. The first-order chi connectivity index (χ1) is 17.5. The van der Waals surface area contributed by atoms with Gasteiger partial charge >= 0.3 is 0 Å². The molecule has 192 valence electrons. The van der Waals surface area contributed by atoms with Crippen molar-refractivity contribution in [3.05, 3.63) is 83.2 Å². The van der Waals surface area contributed by atoms with Gasteiger partial charge < -0.3 is 10.6 Å². The zero-order chi connectivity index (χ0) is 26.7. The Labute approximate surface area is 216 Å². The second-order valence-electron chi connectivity index (χ2n) is 9.15. The SMILES string of the molecule is Cc1nn(-c2ccc(Nc3ccc(NC(=O)Cc4ccc(S(=O)(=O)C(C)C)cc4)cc3)nn2)c(C)c1C. The van der Waals surface area contributed by atoms with Crippen LogP contribution in [0.25, 0.3) is 5.82 Å². The summed E-state index contributed by atoms with van der Waals surface area (Å²) in [6.45, 7) is 9.29. The van der Waals surface area contributed by atoms with Crippen molar-refractivity contribution in [2.45, 2.75) is 51.2 Å². The van der Waals surface area contributed by atoms with Crippen molar-refractivity contribution in [2.75, 3.05) is 10.6 Å². The van der Waals surface area contributed by atoms with Crippen LogP contribution in [0.1, 0.15) is 36.4 Å². The highest BCUT2D eigenvalue weighted by atomic mass is 32.2. The molecule has 9 nitrogen and oxygen atoms in total. The van der Waals surface area contributed by atoms with Crippen LogP contribution in [0.15, 0.2) is 65.6 Å². The number of hydrogen-bond donors (Lipinski definition) is 2. The van der Waals surface area contributed by atoms with Crippen LogP contribution in [0.3, 0.4) is 0 Å². The molecule has 0 atom stereocenters. The van der Waals surface area contributed by atoms with Crippen LogP contribution in [0.5, 0.6) is 0 Å². The molecule has 2 heterocycles. The molecule has 0 spiro atoms. The van der Waals surface area contributed by atoms with Gasteiger partial charge in [0, 0.05) is 17.1 Å². The predicted octanol–water partition coefficient (Wildman–Crippen LogP) is 4.69. The Hall–Kier alpha value is -4.05. The zero-order valence-corrected chi connectivity index (χ0v) is 22.3. The van der Waals surface area contributed by atoms with Crippen molar-refractivity contribution in [1.29, 1.82) is 0 Å². The molecule has 0 aliphatic carbocycles. The standard InChI is InChI=1S/C27H30N6O3S/c1-17(2)37(35,36)24-12-6-21(7-13-24)16-27(34)29-23-10-8-22(9-11-23)28-25-14-15-26(31-30-25)33-20(5)18(3)19(4)32-33/h6-15,17H,16H2,1-5H3,(H,28,30)(H,29,34). The monoisotopic (exact) mass is 518 g/mol. The molecule has 0 radical (unpaired) electrons. The van der Waals surface area contributed by atoms with Gasteiger partial charge in [-0.3, -0.25) is 4.79 Å². The summed E-state index contributed by atoms with van der Waals surface area (Å²) < 4.78 is 26.3. The fourth-order valence-electron chi connectivity index (χ4n) is 3.69. The Morgan fingerprint density at radius 3 is 2.08 bits per heavy atom. The second-order valence-corrected chi connectivity index (χ2v) is 11.7. The first-order valence-electron chi connectivity index (χ1n) is 11.9. The summed E-state index contributed by atoms with van der Waals surface area (Å²) in [6.07, 6.45) is 0.138. The van der Waals surface area contributed by atoms with Gasteiger partial charge in [-0.1, -0.05) is 12.1 Å². The minimum Gasteiger partial charge on any atom is -0.339 e. The van der Waals surface area contributed by atoms with Gasteiger partial charge in [-0.05, 0) is 94.3 Å². The van der Waals surface area contributed by atoms with Gasteiger partial charge in [0.25, 0.3) is 0 Å². The number of aromatic nitrogens is 4. The van der Waals surface area contributed by atoms with Crippen LogP contribution in [0, 0.1) is 20.8 Å². The molecule has 0 aliphatic rings. The number of anilines is 3. The molecule has 2 N–H and O–H groups in total. The molecule has 0 bridgehead atoms. The summed E-state index contributed by atoms with van der Waals surface area (Å²) in [5.74, 6) is 1.04.